The number of likely N-dealkylation sites (tertiary alicyclic amines) is 1. The second kappa shape index (κ2) is 7.21. The molecule has 0 spiro atoms. The number of nitrogens with zero attached hydrogens (tertiary/aromatic N) is 2. The van der Waals surface area contributed by atoms with Crippen molar-refractivity contribution in [1.82, 2.24) is 9.80 Å². The zero-order valence-electron chi connectivity index (χ0n) is 12.6. The lowest BCUT2D eigenvalue weighted by Gasteiger charge is -2.32. The summed E-state index contributed by atoms with van der Waals surface area (Å²) in [6.07, 6.45) is 1.50. The highest BCUT2D eigenvalue weighted by Crippen LogP contribution is 2.25. The van der Waals surface area contributed by atoms with Gasteiger partial charge in [0.2, 0.25) is 5.91 Å². The predicted molar refractivity (Wildman–Crippen MR) is 92.1 cm³/mol. The summed E-state index contributed by atoms with van der Waals surface area (Å²) >= 11 is 4.93. The van der Waals surface area contributed by atoms with Gasteiger partial charge in [-0.15, -0.1) is 0 Å². The van der Waals surface area contributed by atoms with E-state index in [9.17, 15) is 14.0 Å². The number of carbonyl (C=O) groups is 2. The third kappa shape index (κ3) is 3.55. The molecule has 0 aliphatic carbocycles. The Balaban J connectivity index is 1.76. The average molecular weight is 401 g/mol. The first-order chi connectivity index (χ1) is 11.1. The van der Waals surface area contributed by atoms with E-state index in [0.717, 1.165) is 31.0 Å². The molecule has 0 aromatic heterocycles. The van der Waals surface area contributed by atoms with E-state index in [2.05, 4.69) is 15.9 Å². The monoisotopic (exact) mass is 400 g/mol. The fourth-order valence-electron chi connectivity index (χ4n) is 3.06. The predicted octanol–water partition coefficient (Wildman–Crippen LogP) is 2.77. The van der Waals surface area contributed by atoms with Gasteiger partial charge in [-0.1, -0.05) is 0 Å². The third-order valence-electron chi connectivity index (χ3n) is 4.29. The van der Waals surface area contributed by atoms with Crippen LogP contribution in [0.15, 0.2) is 22.7 Å². The number of rotatable bonds is 2. The molecule has 2 aliphatic heterocycles. The van der Waals surface area contributed by atoms with Crippen LogP contribution >= 0.6 is 27.7 Å². The molecule has 2 amide bonds. The molecule has 1 unspecified atom stereocenters. The molecule has 7 heteroatoms. The number of hydrogen-bond donors (Lipinski definition) is 0. The minimum Gasteiger partial charge on any atom is -0.339 e. The van der Waals surface area contributed by atoms with Crippen molar-refractivity contribution < 1.29 is 14.0 Å². The summed E-state index contributed by atoms with van der Waals surface area (Å²) in [6.45, 7) is 2.04. The van der Waals surface area contributed by atoms with Crippen LogP contribution in [0.2, 0.25) is 0 Å². The van der Waals surface area contributed by atoms with Gasteiger partial charge in [0.1, 0.15) is 11.9 Å². The van der Waals surface area contributed by atoms with E-state index >= 15 is 0 Å². The van der Waals surface area contributed by atoms with Gasteiger partial charge in [-0.3, -0.25) is 9.59 Å². The van der Waals surface area contributed by atoms with Crippen LogP contribution in [0.5, 0.6) is 0 Å². The van der Waals surface area contributed by atoms with E-state index in [1.807, 2.05) is 16.7 Å². The van der Waals surface area contributed by atoms with Gasteiger partial charge in [-0.2, -0.15) is 11.8 Å². The van der Waals surface area contributed by atoms with Crippen LogP contribution in [0.25, 0.3) is 0 Å². The smallest absolute Gasteiger partial charge is 0.254 e. The number of thioether (sulfide) groups is 1. The fourth-order valence-corrected chi connectivity index (χ4v) is 4.21. The average Bonchev–Trinajstić information content (AvgIpc) is 3.06. The normalized spacial score (nSPS) is 21.6. The van der Waals surface area contributed by atoms with Gasteiger partial charge < -0.3 is 9.80 Å². The molecular weight excluding hydrogens is 383 g/mol. The van der Waals surface area contributed by atoms with Gasteiger partial charge in [-0.25, -0.2) is 4.39 Å². The molecule has 1 aromatic rings. The summed E-state index contributed by atoms with van der Waals surface area (Å²) < 4.78 is 14.0. The molecule has 124 valence electrons. The number of hydrogen-bond acceptors (Lipinski definition) is 3. The van der Waals surface area contributed by atoms with E-state index in [1.165, 1.54) is 12.1 Å². The lowest BCUT2D eigenvalue weighted by atomic mass is 10.1. The molecule has 0 N–H and O–H groups in total. The minimum atomic E-state index is -0.467. The van der Waals surface area contributed by atoms with Crippen molar-refractivity contribution in [1.29, 1.82) is 0 Å². The van der Waals surface area contributed by atoms with Crippen molar-refractivity contribution in [3.63, 3.8) is 0 Å². The van der Waals surface area contributed by atoms with Gasteiger partial charge in [0, 0.05) is 36.7 Å². The van der Waals surface area contributed by atoms with Crippen LogP contribution in [0, 0.1) is 5.82 Å². The minimum absolute atomic E-state index is 0.0359. The summed E-state index contributed by atoms with van der Waals surface area (Å²) in [7, 11) is 0. The van der Waals surface area contributed by atoms with E-state index < -0.39 is 11.9 Å². The zero-order valence-corrected chi connectivity index (χ0v) is 15.0. The van der Waals surface area contributed by atoms with Crippen LogP contribution in [-0.2, 0) is 4.79 Å². The van der Waals surface area contributed by atoms with E-state index in [0.29, 0.717) is 23.0 Å². The van der Waals surface area contributed by atoms with Crippen molar-refractivity contribution in [2.24, 2.45) is 0 Å². The summed E-state index contributed by atoms with van der Waals surface area (Å²) in [5.41, 5.74) is 0.291. The Morgan fingerprint density at radius 3 is 2.65 bits per heavy atom. The summed E-state index contributed by atoms with van der Waals surface area (Å²) in [4.78, 5) is 28.8. The lowest BCUT2D eigenvalue weighted by Crippen LogP contribution is -2.50. The highest BCUT2D eigenvalue weighted by molar-refractivity contribution is 9.10. The first kappa shape index (κ1) is 16.8. The maximum Gasteiger partial charge on any atom is 0.254 e. The van der Waals surface area contributed by atoms with Gasteiger partial charge in [0.15, 0.2) is 0 Å². The summed E-state index contributed by atoms with van der Waals surface area (Å²) in [6, 6.07) is 3.94. The Hall–Kier alpha value is -1.08. The van der Waals surface area contributed by atoms with Crippen LogP contribution in [0.4, 0.5) is 4.39 Å². The van der Waals surface area contributed by atoms with Crippen molar-refractivity contribution >= 4 is 39.5 Å². The van der Waals surface area contributed by atoms with Crippen LogP contribution < -0.4 is 0 Å². The molecule has 23 heavy (non-hydrogen) atoms. The van der Waals surface area contributed by atoms with E-state index in [4.69, 9.17) is 0 Å². The molecule has 2 heterocycles. The SMILES string of the molecule is O=C(C1CCCN1C(=O)c1ccc(Br)c(F)c1)N1CCSCC1. The Kier molecular flexibility index (Phi) is 5.26. The molecule has 0 radical (unpaired) electrons. The Labute approximate surface area is 147 Å². The van der Waals surface area contributed by atoms with Crippen molar-refractivity contribution in [3.05, 3.63) is 34.1 Å². The Morgan fingerprint density at radius 2 is 1.96 bits per heavy atom. The Morgan fingerprint density at radius 1 is 1.22 bits per heavy atom. The maximum atomic E-state index is 13.7. The number of amides is 2. The van der Waals surface area contributed by atoms with Crippen molar-refractivity contribution in [3.8, 4) is 0 Å². The van der Waals surface area contributed by atoms with Crippen LogP contribution in [-0.4, -0.2) is 58.8 Å². The molecule has 4 nitrogen and oxygen atoms in total. The van der Waals surface area contributed by atoms with Gasteiger partial charge in [0.25, 0.3) is 5.91 Å². The molecule has 1 aromatic carbocycles. The second-order valence-corrected chi connectivity index (χ2v) is 7.80. The maximum absolute atomic E-state index is 13.7. The van der Waals surface area contributed by atoms with Crippen LogP contribution in [0.1, 0.15) is 23.2 Å². The van der Waals surface area contributed by atoms with Crippen molar-refractivity contribution in [2.45, 2.75) is 18.9 Å². The topological polar surface area (TPSA) is 40.6 Å². The third-order valence-corrected chi connectivity index (χ3v) is 5.87. The van der Waals surface area contributed by atoms with Gasteiger partial charge in [-0.05, 0) is 47.0 Å². The highest BCUT2D eigenvalue weighted by atomic mass is 79.9. The number of halogens is 2. The fraction of sp³-hybridized carbons (Fsp3) is 0.500. The quantitative estimate of drug-likeness (QED) is 0.766. The largest absolute Gasteiger partial charge is 0.339 e. The van der Waals surface area contributed by atoms with E-state index in [-0.39, 0.29) is 11.8 Å². The van der Waals surface area contributed by atoms with Gasteiger partial charge >= 0.3 is 0 Å². The number of benzene rings is 1. The molecule has 0 bridgehead atoms. The molecule has 3 rings (SSSR count). The number of carbonyl (C=O) groups excluding carboxylic acids is 2. The first-order valence-electron chi connectivity index (χ1n) is 7.70. The molecule has 1 atom stereocenters. The van der Waals surface area contributed by atoms with Gasteiger partial charge in [0.05, 0.1) is 4.47 Å². The zero-order chi connectivity index (χ0) is 16.4. The highest BCUT2D eigenvalue weighted by Gasteiger charge is 2.37. The lowest BCUT2D eigenvalue weighted by molar-refractivity contribution is -0.134. The molecular formula is C16H18BrFN2O2S. The molecule has 2 saturated heterocycles. The second-order valence-electron chi connectivity index (χ2n) is 5.72. The summed E-state index contributed by atoms with van der Waals surface area (Å²) in [5, 5.41) is 0. The summed E-state index contributed by atoms with van der Waals surface area (Å²) in [5.74, 6) is 1.20. The van der Waals surface area contributed by atoms with E-state index in [1.54, 1.807) is 11.0 Å². The Bertz CT molecular complexity index is 622. The first-order valence-corrected chi connectivity index (χ1v) is 9.65. The van der Waals surface area contributed by atoms with Crippen LogP contribution in [0.3, 0.4) is 0 Å². The molecule has 2 aliphatic rings. The standard InChI is InChI=1S/C16H18BrFN2O2S/c17-12-4-3-11(10-13(12)18)15(21)20-5-1-2-14(20)16(22)19-6-8-23-9-7-19/h3-4,10,14H,1-2,5-9H2. The van der Waals surface area contributed by atoms with Crippen molar-refractivity contribution in [2.75, 3.05) is 31.1 Å². The molecule has 0 saturated carbocycles. The molecule has 2 fully saturated rings.